The third kappa shape index (κ3) is 4.12. The van der Waals surface area contributed by atoms with Crippen molar-refractivity contribution < 1.29 is 14.3 Å². The molecule has 142 valence electrons. The van der Waals surface area contributed by atoms with E-state index in [0.29, 0.717) is 17.9 Å². The van der Waals surface area contributed by atoms with Crippen molar-refractivity contribution in [3.63, 3.8) is 0 Å². The summed E-state index contributed by atoms with van der Waals surface area (Å²) < 4.78 is 5.53. The summed E-state index contributed by atoms with van der Waals surface area (Å²) in [4.78, 5) is 28.0. The van der Waals surface area contributed by atoms with Gasteiger partial charge in [-0.05, 0) is 62.4 Å². The molecule has 0 saturated carbocycles. The zero-order chi connectivity index (χ0) is 19.6. The van der Waals surface area contributed by atoms with Gasteiger partial charge < -0.3 is 10.1 Å². The van der Waals surface area contributed by atoms with Crippen molar-refractivity contribution in [2.75, 3.05) is 18.5 Å². The van der Waals surface area contributed by atoms with Gasteiger partial charge >= 0.3 is 0 Å². The van der Waals surface area contributed by atoms with Gasteiger partial charge in [-0.15, -0.1) is 11.3 Å². The van der Waals surface area contributed by atoms with Crippen molar-refractivity contribution in [3.05, 3.63) is 57.4 Å². The van der Waals surface area contributed by atoms with E-state index in [4.69, 9.17) is 4.74 Å². The lowest BCUT2D eigenvalue weighted by atomic mass is 10.1. The summed E-state index contributed by atoms with van der Waals surface area (Å²) in [6.07, 6.45) is 0.0515. The van der Waals surface area contributed by atoms with Crippen LogP contribution in [-0.2, 0) is 14.3 Å². The SMILES string of the molecule is Cc1ccc(NC2=C(c3cccs3)C(=O)N(CCOC(C)C)C2=O)cc1C. The van der Waals surface area contributed by atoms with Gasteiger partial charge in [0.25, 0.3) is 11.8 Å². The molecule has 3 rings (SSSR count). The molecule has 2 heterocycles. The number of nitrogens with zero attached hydrogens (tertiary/aromatic N) is 1. The van der Waals surface area contributed by atoms with E-state index in [1.54, 1.807) is 0 Å². The van der Waals surface area contributed by atoms with Gasteiger partial charge in [-0.3, -0.25) is 14.5 Å². The largest absolute Gasteiger partial charge is 0.377 e. The number of benzene rings is 1. The third-order valence-electron chi connectivity index (χ3n) is 4.48. The van der Waals surface area contributed by atoms with Gasteiger partial charge in [0.2, 0.25) is 0 Å². The zero-order valence-corrected chi connectivity index (χ0v) is 16.9. The number of thiophene rings is 1. The van der Waals surface area contributed by atoms with Crippen LogP contribution < -0.4 is 5.32 Å². The molecule has 0 bridgehead atoms. The van der Waals surface area contributed by atoms with Crippen LogP contribution in [0.3, 0.4) is 0 Å². The maximum atomic E-state index is 13.0. The lowest BCUT2D eigenvalue weighted by Gasteiger charge is -2.16. The van der Waals surface area contributed by atoms with Crippen LogP contribution in [0.1, 0.15) is 29.9 Å². The Kier molecular flexibility index (Phi) is 5.77. The van der Waals surface area contributed by atoms with Gasteiger partial charge in [0.05, 0.1) is 24.8 Å². The highest BCUT2D eigenvalue weighted by Crippen LogP contribution is 2.33. The summed E-state index contributed by atoms with van der Waals surface area (Å²) in [5.74, 6) is -0.588. The molecule has 5 nitrogen and oxygen atoms in total. The van der Waals surface area contributed by atoms with Crippen molar-refractivity contribution in [2.24, 2.45) is 0 Å². The number of aryl methyl sites for hydroxylation is 2. The number of rotatable bonds is 7. The molecule has 1 aliphatic heterocycles. The van der Waals surface area contributed by atoms with Crippen LogP contribution >= 0.6 is 11.3 Å². The third-order valence-corrected chi connectivity index (χ3v) is 5.37. The van der Waals surface area contributed by atoms with Crippen molar-refractivity contribution in [1.29, 1.82) is 0 Å². The summed E-state index contributed by atoms with van der Waals surface area (Å²) in [6, 6.07) is 9.64. The maximum absolute atomic E-state index is 13.0. The molecule has 1 aromatic heterocycles. The van der Waals surface area contributed by atoms with Gasteiger partial charge in [-0.2, -0.15) is 0 Å². The molecule has 0 fully saturated rings. The first-order valence-corrected chi connectivity index (χ1v) is 9.86. The second-order valence-electron chi connectivity index (χ2n) is 6.83. The molecule has 2 aromatic rings. The number of hydrogen-bond donors (Lipinski definition) is 1. The number of nitrogens with one attached hydrogen (secondary N) is 1. The normalized spacial score (nSPS) is 14.6. The van der Waals surface area contributed by atoms with Crippen molar-refractivity contribution in [3.8, 4) is 0 Å². The summed E-state index contributed by atoms with van der Waals surface area (Å²) in [5.41, 5.74) is 3.85. The topological polar surface area (TPSA) is 58.6 Å². The Bertz CT molecular complexity index is 885. The first-order valence-electron chi connectivity index (χ1n) is 8.98. The predicted molar refractivity (Wildman–Crippen MR) is 109 cm³/mol. The van der Waals surface area contributed by atoms with Crippen LogP contribution in [0.5, 0.6) is 0 Å². The lowest BCUT2D eigenvalue weighted by Crippen LogP contribution is -2.35. The highest BCUT2D eigenvalue weighted by molar-refractivity contribution is 7.11. The average Bonchev–Trinajstić information content (AvgIpc) is 3.21. The van der Waals surface area contributed by atoms with Crippen molar-refractivity contribution in [1.82, 2.24) is 4.90 Å². The Morgan fingerprint density at radius 1 is 1.11 bits per heavy atom. The lowest BCUT2D eigenvalue weighted by molar-refractivity contribution is -0.137. The number of carbonyl (C=O) groups excluding carboxylic acids is 2. The molecule has 0 spiro atoms. The first-order chi connectivity index (χ1) is 12.9. The fourth-order valence-electron chi connectivity index (χ4n) is 2.89. The van der Waals surface area contributed by atoms with Crippen molar-refractivity contribution in [2.45, 2.75) is 33.8 Å². The highest BCUT2D eigenvalue weighted by atomic mass is 32.1. The Morgan fingerprint density at radius 3 is 2.52 bits per heavy atom. The zero-order valence-electron chi connectivity index (χ0n) is 16.0. The molecule has 0 aliphatic carbocycles. The van der Waals surface area contributed by atoms with E-state index < -0.39 is 0 Å². The van der Waals surface area contributed by atoms with E-state index in [1.807, 2.05) is 63.4 Å². The first kappa shape index (κ1) is 19.3. The van der Waals surface area contributed by atoms with E-state index >= 15 is 0 Å². The van der Waals surface area contributed by atoms with E-state index in [1.165, 1.54) is 21.8 Å². The molecular formula is C21H24N2O3S. The molecule has 0 atom stereocenters. The van der Waals surface area contributed by atoms with E-state index in [2.05, 4.69) is 5.32 Å². The van der Waals surface area contributed by atoms with Crippen LogP contribution in [0.25, 0.3) is 5.57 Å². The van der Waals surface area contributed by atoms with Crippen LogP contribution in [0.15, 0.2) is 41.4 Å². The minimum atomic E-state index is -0.311. The molecule has 0 saturated heterocycles. The second kappa shape index (κ2) is 8.06. The van der Waals surface area contributed by atoms with Crippen LogP contribution in [-0.4, -0.2) is 36.0 Å². The number of amides is 2. The van der Waals surface area contributed by atoms with Gasteiger partial charge in [0.1, 0.15) is 5.70 Å². The molecular weight excluding hydrogens is 360 g/mol. The van der Waals surface area contributed by atoms with Crippen LogP contribution in [0, 0.1) is 13.8 Å². The van der Waals surface area contributed by atoms with Gasteiger partial charge in [-0.1, -0.05) is 12.1 Å². The van der Waals surface area contributed by atoms with Crippen LogP contribution in [0.4, 0.5) is 5.69 Å². The molecule has 1 aromatic carbocycles. The Labute approximate surface area is 163 Å². The monoisotopic (exact) mass is 384 g/mol. The number of ether oxygens (including phenoxy) is 1. The number of anilines is 1. The molecule has 1 aliphatic rings. The molecule has 0 radical (unpaired) electrons. The van der Waals surface area contributed by atoms with E-state index in [0.717, 1.165) is 16.1 Å². The Morgan fingerprint density at radius 2 is 1.89 bits per heavy atom. The van der Waals surface area contributed by atoms with Crippen molar-refractivity contribution >= 4 is 34.4 Å². The summed E-state index contributed by atoms with van der Waals surface area (Å²) in [5, 5.41) is 5.09. The maximum Gasteiger partial charge on any atom is 0.278 e. The fourth-order valence-corrected chi connectivity index (χ4v) is 3.66. The molecule has 1 N–H and O–H groups in total. The Hall–Kier alpha value is -2.44. The van der Waals surface area contributed by atoms with Gasteiger partial charge in [0, 0.05) is 10.6 Å². The van der Waals surface area contributed by atoms with Crippen LogP contribution in [0.2, 0.25) is 0 Å². The highest BCUT2D eigenvalue weighted by Gasteiger charge is 2.39. The summed E-state index contributed by atoms with van der Waals surface area (Å²) in [6.45, 7) is 8.47. The summed E-state index contributed by atoms with van der Waals surface area (Å²) in [7, 11) is 0. The number of imide groups is 1. The quantitative estimate of drug-likeness (QED) is 0.734. The minimum Gasteiger partial charge on any atom is -0.377 e. The standard InChI is InChI=1S/C21H24N2O3S/c1-13(2)26-10-9-23-20(24)18(17-6-5-11-27-17)19(21(23)25)22-16-8-7-14(3)15(4)12-16/h5-8,11-13,22H,9-10H2,1-4H3. The Balaban J connectivity index is 1.91. The predicted octanol–water partition coefficient (Wildman–Crippen LogP) is 3.98. The van der Waals surface area contributed by atoms with Gasteiger partial charge in [0.15, 0.2) is 0 Å². The van der Waals surface area contributed by atoms with E-state index in [9.17, 15) is 9.59 Å². The smallest absolute Gasteiger partial charge is 0.278 e. The summed E-state index contributed by atoms with van der Waals surface area (Å²) >= 11 is 1.45. The molecule has 2 amide bonds. The molecule has 27 heavy (non-hydrogen) atoms. The fraction of sp³-hybridized carbons (Fsp3) is 0.333. The second-order valence-corrected chi connectivity index (χ2v) is 7.78. The number of hydrogen-bond acceptors (Lipinski definition) is 5. The minimum absolute atomic E-state index is 0.0515. The average molecular weight is 385 g/mol. The molecule has 6 heteroatoms. The number of carbonyl (C=O) groups is 2. The van der Waals surface area contributed by atoms with E-state index in [-0.39, 0.29) is 24.5 Å². The molecule has 0 unspecified atom stereocenters. The van der Waals surface area contributed by atoms with Gasteiger partial charge in [-0.25, -0.2) is 0 Å².